The van der Waals surface area contributed by atoms with Crippen LogP contribution >= 0.6 is 34.5 Å². The Labute approximate surface area is 148 Å². The van der Waals surface area contributed by atoms with Crippen LogP contribution in [0.2, 0.25) is 10.0 Å². The van der Waals surface area contributed by atoms with Crippen molar-refractivity contribution in [2.75, 3.05) is 0 Å². The third-order valence-electron chi connectivity index (χ3n) is 3.30. The summed E-state index contributed by atoms with van der Waals surface area (Å²) in [4.78, 5) is 24.5. The summed E-state index contributed by atoms with van der Waals surface area (Å²) in [7, 11) is 1.66. The minimum atomic E-state index is -0.479. The molecule has 0 atom stereocenters. The smallest absolute Gasteiger partial charge is 0.268 e. The average Bonchev–Trinajstić information content (AvgIpc) is 2.70. The minimum Gasteiger partial charge on any atom is -0.302 e. The van der Waals surface area contributed by atoms with Crippen LogP contribution in [0.4, 0.5) is 0 Å². The third-order valence-corrected chi connectivity index (χ3v) is 5.15. The van der Waals surface area contributed by atoms with Gasteiger partial charge in [0.05, 0.1) is 14.6 Å². The first-order valence-electron chi connectivity index (χ1n) is 6.98. The maximum Gasteiger partial charge on any atom is 0.268 e. The molecule has 23 heavy (non-hydrogen) atoms. The Morgan fingerprint density at radius 2 is 1.87 bits per heavy atom. The summed E-state index contributed by atoms with van der Waals surface area (Å²) in [6.07, 6.45) is 3.27. The normalized spacial score (nSPS) is 13.7. The van der Waals surface area contributed by atoms with Crippen molar-refractivity contribution in [1.82, 2.24) is 4.57 Å². The summed E-state index contributed by atoms with van der Waals surface area (Å²) >= 11 is 13.2. The molecule has 0 aliphatic carbocycles. The van der Waals surface area contributed by atoms with Gasteiger partial charge in [0, 0.05) is 18.5 Å². The Morgan fingerprint density at radius 3 is 2.43 bits per heavy atom. The minimum absolute atomic E-state index is 0.0181. The summed E-state index contributed by atoms with van der Waals surface area (Å²) in [5.41, 5.74) is 0.161. The molecule has 0 amide bonds. The lowest BCUT2D eigenvalue weighted by molar-refractivity contribution is -0.120. The number of rotatable bonds is 2. The summed E-state index contributed by atoms with van der Waals surface area (Å²) in [5.74, 6) is -0.0181. The molecule has 2 aromatic rings. The molecule has 122 valence electrons. The highest BCUT2D eigenvalue weighted by molar-refractivity contribution is 7.07. The highest BCUT2D eigenvalue weighted by Gasteiger charge is 2.19. The van der Waals surface area contributed by atoms with E-state index in [9.17, 15) is 9.59 Å². The summed E-state index contributed by atoms with van der Waals surface area (Å²) in [6.45, 7) is 5.54. The molecule has 0 radical (unpaired) electrons. The number of hydrogen-bond acceptors (Lipinski definition) is 3. The molecule has 1 aromatic heterocycles. The second-order valence-corrected chi connectivity index (χ2v) is 8.12. The zero-order valence-electron chi connectivity index (χ0n) is 13.3. The second-order valence-electron chi connectivity index (χ2n) is 6.25. The molecule has 0 saturated carbocycles. The van der Waals surface area contributed by atoms with Crippen LogP contribution in [0.15, 0.2) is 23.0 Å². The molecule has 0 unspecified atom stereocenters. The van der Waals surface area contributed by atoms with Gasteiger partial charge in [-0.1, -0.05) is 50.0 Å². The van der Waals surface area contributed by atoms with Gasteiger partial charge in [-0.05, 0) is 23.8 Å². The van der Waals surface area contributed by atoms with E-state index in [2.05, 4.69) is 0 Å². The molecule has 2 rings (SSSR count). The highest BCUT2D eigenvalue weighted by atomic mass is 35.5. The van der Waals surface area contributed by atoms with Gasteiger partial charge >= 0.3 is 0 Å². The van der Waals surface area contributed by atoms with Crippen molar-refractivity contribution in [2.45, 2.75) is 20.8 Å². The van der Waals surface area contributed by atoms with Gasteiger partial charge in [0.2, 0.25) is 0 Å². The Morgan fingerprint density at radius 1 is 1.22 bits per heavy atom. The van der Waals surface area contributed by atoms with E-state index in [1.54, 1.807) is 31.3 Å². The predicted molar refractivity (Wildman–Crippen MR) is 97.8 cm³/mol. The van der Waals surface area contributed by atoms with Gasteiger partial charge in [-0.25, -0.2) is 0 Å². The molecule has 6 heteroatoms. The number of thiazole rings is 1. The zero-order chi connectivity index (χ0) is 17.4. The first-order chi connectivity index (χ1) is 10.6. The molecule has 0 aliphatic rings. The van der Waals surface area contributed by atoms with Crippen LogP contribution in [-0.4, -0.2) is 10.4 Å². The number of halogens is 2. The topological polar surface area (TPSA) is 39.1 Å². The standard InChI is InChI=1S/C17H17Cl2NO2S/c1-17(2,3)14(21)9-15-20(4)16(22)13(23-15)8-10-5-6-11(18)12(19)7-10/h5-9H,1-4H3/b13-8+,15-9-. The Bertz CT molecular complexity index is 933. The van der Waals surface area contributed by atoms with Crippen LogP contribution in [0.5, 0.6) is 0 Å². The van der Waals surface area contributed by atoms with Crippen molar-refractivity contribution in [3.8, 4) is 0 Å². The van der Waals surface area contributed by atoms with Crippen LogP contribution in [0.3, 0.4) is 0 Å². The Hall–Kier alpha value is -1.36. The monoisotopic (exact) mass is 369 g/mol. The van der Waals surface area contributed by atoms with Gasteiger partial charge in [-0.2, -0.15) is 0 Å². The molecule has 1 heterocycles. The molecule has 0 fully saturated rings. The van der Waals surface area contributed by atoms with E-state index in [0.29, 0.717) is 19.2 Å². The fourth-order valence-electron chi connectivity index (χ4n) is 1.79. The molecule has 3 nitrogen and oxygen atoms in total. The summed E-state index contributed by atoms with van der Waals surface area (Å²) < 4.78 is 2.65. The lowest BCUT2D eigenvalue weighted by Gasteiger charge is -2.12. The number of Topliss-reactive ketones (excluding diaryl/α,β-unsaturated/α-hetero) is 1. The summed E-state index contributed by atoms with van der Waals surface area (Å²) in [6, 6.07) is 5.17. The van der Waals surface area contributed by atoms with Crippen molar-refractivity contribution in [3.63, 3.8) is 0 Å². The van der Waals surface area contributed by atoms with Crippen LogP contribution in [0.25, 0.3) is 12.2 Å². The molecule has 0 N–H and O–H groups in total. The number of aromatic nitrogens is 1. The lowest BCUT2D eigenvalue weighted by Crippen LogP contribution is -2.30. The van der Waals surface area contributed by atoms with Gasteiger partial charge in [0.15, 0.2) is 5.78 Å². The number of nitrogens with zero attached hydrogens (tertiary/aromatic N) is 1. The van der Waals surface area contributed by atoms with Crippen LogP contribution < -0.4 is 14.8 Å². The maximum absolute atomic E-state index is 12.3. The number of ketones is 1. The van der Waals surface area contributed by atoms with Gasteiger partial charge in [0.25, 0.3) is 5.56 Å². The number of carbonyl (C=O) groups excluding carboxylic acids is 1. The van der Waals surface area contributed by atoms with Crippen molar-refractivity contribution in [2.24, 2.45) is 12.5 Å². The van der Waals surface area contributed by atoms with Crippen LogP contribution in [0.1, 0.15) is 26.3 Å². The molecule has 1 aromatic carbocycles. The van der Waals surface area contributed by atoms with E-state index in [-0.39, 0.29) is 11.3 Å². The zero-order valence-corrected chi connectivity index (χ0v) is 15.6. The van der Waals surface area contributed by atoms with Crippen molar-refractivity contribution < 1.29 is 4.79 Å². The molecular weight excluding hydrogens is 353 g/mol. The van der Waals surface area contributed by atoms with Crippen LogP contribution in [0, 0.1) is 5.41 Å². The fraction of sp³-hybridized carbons (Fsp3) is 0.294. The van der Waals surface area contributed by atoms with E-state index >= 15 is 0 Å². The predicted octanol–water partition coefficient (Wildman–Crippen LogP) is 2.98. The molecule has 0 aliphatic heterocycles. The first-order valence-corrected chi connectivity index (χ1v) is 8.55. The van der Waals surface area contributed by atoms with Crippen LogP contribution in [-0.2, 0) is 11.8 Å². The first kappa shape index (κ1) is 18.0. The third kappa shape index (κ3) is 4.14. The van der Waals surface area contributed by atoms with Crippen molar-refractivity contribution in [1.29, 1.82) is 0 Å². The maximum atomic E-state index is 12.3. The molecule has 0 bridgehead atoms. The van der Waals surface area contributed by atoms with E-state index < -0.39 is 5.41 Å². The largest absolute Gasteiger partial charge is 0.302 e. The van der Waals surface area contributed by atoms with E-state index in [4.69, 9.17) is 23.2 Å². The van der Waals surface area contributed by atoms with Crippen molar-refractivity contribution >= 4 is 52.5 Å². The highest BCUT2D eigenvalue weighted by Crippen LogP contribution is 2.22. The fourth-order valence-corrected chi connectivity index (χ4v) is 3.13. The number of hydrogen-bond donors (Lipinski definition) is 0. The summed E-state index contributed by atoms with van der Waals surface area (Å²) in [5, 5.41) is 0.899. The molecule has 0 spiro atoms. The lowest BCUT2D eigenvalue weighted by atomic mass is 9.91. The van der Waals surface area contributed by atoms with E-state index in [1.165, 1.54) is 22.0 Å². The van der Waals surface area contributed by atoms with Crippen molar-refractivity contribution in [3.05, 3.63) is 53.4 Å². The van der Waals surface area contributed by atoms with E-state index in [0.717, 1.165) is 5.56 Å². The van der Waals surface area contributed by atoms with Gasteiger partial charge in [0.1, 0.15) is 4.66 Å². The number of benzene rings is 1. The van der Waals surface area contributed by atoms with Gasteiger partial charge in [-0.3, -0.25) is 9.59 Å². The quantitative estimate of drug-likeness (QED) is 0.815. The van der Waals surface area contributed by atoms with Gasteiger partial charge < -0.3 is 4.57 Å². The number of carbonyl (C=O) groups is 1. The molecule has 0 saturated heterocycles. The van der Waals surface area contributed by atoms with Gasteiger partial charge in [-0.15, -0.1) is 11.3 Å². The Balaban J connectivity index is 2.59. The Kier molecular flexibility index (Phi) is 5.19. The van der Waals surface area contributed by atoms with E-state index in [1.807, 2.05) is 20.8 Å². The second kappa shape index (κ2) is 6.63. The molecular formula is C17H17Cl2NO2S. The average molecular weight is 370 g/mol. The SMILES string of the molecule is Cn1c(=O)/c(=C\c2ccc(Cl)c(Cl)c2)s/c1=C\C(=O)C(C)(C)C.